The number of ether oxygens (including phenoxy) is 3. The van der Waals surface area contributed by atoms with E-state index in [9.17, 15) is 4.79 Å². The molecule has 0 unspecified atom stereocenters. The van der Waals surface area contributed by atoms with E-state index in [-0.39, 0.29) is 12.4 Å². The lowest BCUT2D eigenvalue weighted by atomic mass is 9.60. The van der Waals surface area contributed by atoms with Crippen molar-refractivity contribution in [2.75, 3.05) is 13.2 Å². The van der Waals surface area contributed by atoms with Gasteiger partial charge in [0.1, 0.15) is 5.60 Å². The zero-order chi connectivity index (χ0) is 27.9. The Bertz CT molecular complexity index is 1030. The number of carbonyl (C=O) groups is 1. The molecule has 3 aromatic rings. The van der Waals surface area contributed by atoms with Crippen LogP contribution in [-0.4, -0.2) is 36.0 Å². The molecule has 204 valence electrons. The zero-order valence-corrected chi connectivity index (χ0v) is 24.1. The fraction of sp³-hybridized carbons (Fsp3) is 0.441. The molecule has 38 heavy (non-hydrogen) atoms. The first-order chi connectivity index (χ1) is 17.9. The average molecular weight is 517 g/mol. The number of rotatable bonds is 12. The van der Waals surface area contributed by atoms with Crippen molar-refractivity contribution in [1.82, 2.24) is 0 Å². The fourth-order valence-corrected chi connectivity index (χ4v) is 5.14. The van der Waals surface area contributed by atoms with Crippen molar-refractivity contribution in [2.24, 2.45) is 0 Å². The van der Waals surface area contributed by atoms with Crippen LogP contribution in [0.4, 0.5) is 0 Å². The van der Waals surface area contributed by atoms with Crippen LogP contribution in [0.3, 0.4) is 0 Å². The van der Waals surface area contributed by atoms with Gasteiger partial charge < -0.3 is 14.2 Å². The standard InChI is InChI=1S/C34H44O4/c1-31(2,3)38-30(35)23-25-36-32(4,5)24-26-37-33(6,7)34(27-17-11-8-12-18-27,28-19-13-9-14-20-28)29-21-15-10-16-22-29/h8-22H,23-26H2,1-7H3. The lowest BCUT2D eigenvalue weighted by Crippen LogP contribution is -2.51. The Kier molecular flexibility index (Phi) is 9.56. The first kappa shape index (κ1) is 29.6. The van der Waals surface area contributed by atoms with Gasteiger partial charge in [-0.1, -0.05) is 91.0 Å². The third-order valence-electron chi connectivity index (χ3n) is 6.91. The molecule has 0 radical (unpaired) electrons. The Hall–Kier alpha value is -2.95. The summed E-state index contributed by atoms with van der Waals surface area (Å²) in [6, 6.07) is 31.8. The average Bonchev–Trinajstić information content (AvgIpc) is 2.85. The predicted molar refractivity (Wildman–Crippen MR) is 154 cm³/mol. The van der Waals surface area contributed by atoms with Gasteiger partial charge in [-0.3, -0.25) is 4.79 Å². The first-order valence-corrected chi connectivity index (χ1v) is 13.5. The molecule has 0 aliphatic carbocycles. The maximum Gasteiger partial charge on any atom is 0.308 e. The summed E-state index contributed by atoms with van der Waals surface area (Å²) in [5.74, 6) is -0.246. The van der Waals surface area contributed by atoms with E-state index in [1.165, 1.54) is 16.7 Å². The van der Waals surface area contributed by atoms with Crippen molar-refractivity contribution in [1.29, 1.82) is 0 Å². The molecule has 4 heteroatoms. The molecular formula is C34H44O4. The van der Waals surface area contributed by atoms with Crippen LogP contribution in [0.2, 0.25) is 0 Å². The van der Waals surface area contributed by atoms with Crippen LogP contribution >= 0.6 is 0 Å². The molecule has 0 amide bonds. The highest BCUT2D eigenvalue weighted by atomic mass is 16.6. The second-order valence-corrected chi connectivity index (χ2v) is 11.9. The van der Waals surface area contributed by atoms with Crippen LogP contribution in [0, 0.1) is 0 Å². The van der Waals surface area contributed by atoms with Crippen molar-refractivity contribution < 1.29 is 19.0 Å². The molecule has 0 aliphatic rings. The number of hydrogen-bond donors (Lipinski definition) is 0. The third kappa shape index (κ3) is 7.33. The lowest BCUT2D eigenvalue weighted by Gasteiger charge is -2.48. The van der Waals surface area contributed by atoms with Gasteiger partial charge in [-0.25, -0.2) is 0 Å². The van der Waals surface area contributed by atoms with Gasteiger partial charge in [-0.2, -0.15) is 0 Å². The molecule has 0 heterocycles. The van der Waals surface area contributed by atoms with E-state index in [0.717, 1.165) is 0 Å². The molecule has 0 saturated carbocycles. The van der Waals surface area contributed by atoms with Crippen molar-refractivity contribution in [3.8, 4) is 0 Å². The van der Waals surface area contributed by atoms with Crippen molar-refractivity contribution in [3.63, 3.8) is 0 Å². The van der Waals surface area contributed by atoms with Gasteiger partial charge in [0.05, 0.1) is 36.3 Å². The molecule has 0 fully saturated rings. The predicted octanol–water partition coefficient (Wildman–Crippen LogP) is 7.73. The summed E-state index contributed by atoms with van der Waals surface area (Å²) in [4.78, 5) is 12.1. The summed E-state index contributed by atoms with van der Waals surface area (Å²) in [6.45, 7) is 14.9. The van der Waals surface area contributed by atoms with Gasteiger partial charge >= 0.3 is 5.97 Å². The lowest BCUT2D eigenvalue weighted by molar-refractivity contribution is -0.157. The topological polar surface area (TPSA) is 44.8 Å². The molecule has 0 N–H and O–H groups in total. The van der Waals surface area contributed by atoms with Gasteiger partial charge in [-0.15, -0.1) is 0 Å². The van der Waals surface area contributed by atoms with Crippen molar-refractivity contribution >= 4 is 5.97 Å². The summed E-state index contributed by atoms with van der Waals surface area (Å²) in [5.41, 5.74) is 1.44. The molecule has 0 atom stereocenters. The van der Waals surface area contributed by atoms with Crippen LogP contribution < -0.4 is 0 Å². The number of hydrogen-bond acceptors (Lipinski definition) is 4. The normalized spacial score (nSPS) is 12.8. The largest absolute Gasteiger partial charge is 0.460 e. The molecule has 3 rings (SSSR count). The van der Waals surface area contributed by atoms with Crippen LogP contribution in [0.15, 0.2) is 91.0 Å². The van der Waals surface area contributed by atoms with Gasteiger partial charge in [0.15, 0.2) is 0 Å². The molecule has 0 spiro atoms. The molecule has 0 bridgehead atoms. The molecule has 4 nitrogen and oxygen atoms in total. The van der Waals surface area contributed by atoms with Crippen molar-refractivity contribution in [2.45, 2.75) is 83.5 Å². The summed E-state index contributed by atoms with van der Waals surface area (Å²) >= 11 is 0. The molecule has 3 aromatic carbocycles. The Morgan fingerprint density at radius 3 is 1.42 bits per heavy atom. The second kappa shape index (κ2) is 12.3. The van der Waals surface area contributed by atoms with Gasteiger partial charge in [0.2, 0.25) is 0 Å². The van der Waals surface area contributed by atoms with Gasteiger partial charge in [0, 0.05) is 0 Å². The summed E-state index contributed by atoms with van der Waals surface area (Å²) in [5, 5.41) is 0. The zero-order valence-electron chi connectivity index (χ0n) is 24.1. The fourth-order valence-electron chi connectivity index (χ4n) is 5.14. The summed E-state index contributed by atoms with van der Waals surface area (Å²) in [7, 11) is 0. The summed E-state index contributed by atoms with van der Waals surface area (Å²) in [6.07, 6.45) is 0.908. The molecule has 0 aliphatic heterocycles. The molecule has 0 aromatic heterocycles. The Balaban J connectivity index is 1.83. The van der Waals surface area contributed by atoms with E-state index in [1.807, 2.05) is 34.6 Å². The number of carbonyl (C=O) groups excluding carboxylic acids is 1. The number of benzene rings is 3. The van der Waals surface area contributed by atoms with E-state index in [0.29, 0.717) is 19.6 Å². The van der Waals surface area contributed by atoms with E-state index >= 15 is 0 Å². The van der Waals surface area contributed by atoms with E-state index in [1.54, 1.807) is 0 Å². The van der Waals surface area contributed by atoms with E-state index in [2.05, 4.69) is 105 Å². The monoisotopic (exact) mass is 516 g/mol. The van der Waals surface area contributed by atoms with E-state index in [4.69, 9.17) is 14.2 Å². The van der Waals surface area contributed by atoms with E-state index < -0.39 is 22.2 Å². The summed E-state index contributed by atoms with van der Waals surface area (Å²) < 4.78 is 18.3. The first-order valence-electron chi connectivity index (χ1n) is 13.5. The Morgan fingerprint density at radius 2 is 1.03 bits per heavy atom. The number of esters is 1. The quantitative estimate of drug-likeness (QED) is 0.182. The minimum absolute atomic E-state index is 0.228. The SMILES string of the molecule is CC(C)(C)OC(=O)CCOC(C)(C)CCOC(C)(C)C(c1ccccc1)(c1ccccc1)c1ccccc1. The molecular weight excluding hydrogens is 472 g/mol. The highest BCUT2D eigenvalue weighted by Gasteiger charge is 2.50. The van der Waals surface area contributed by atoms with Gasteiger partial charge in [-0.05, 0) is 71.6 Å². The smallest absolute Gasteiger partial charge is 0.308 e. The third-order valence-corrected chi connectivity index (χ3v) is 6.91. The Morgan fingerprint density at radius 1 is 0.605 bits per heavy atom. The second-order valence-electron chi connectivity index (χ2n) is 11.9. The maximum absolute atomic E-state index is 12.1. The van der Waals surface area contributed by atoms with Crippen LogP contribution in [0.1, 0.15) is 78.0 Å². The van der Waals surface area contributed by atoms with Crippen molar-refractivity contribution in [3.05, 3.63) is 108 Å². The highest BCUT2D eigenvalue weighted by Crippen LogP contribution is 2.49. The van der Waals surface area contributed by atoms with Crippen LogP contribution in [-0.2, 0) is 24.4 Å². The van der Waals surface area contributed by atoms with Gasteiger partial charge in [0.25, 0.3) is 0 Å². The Labute approximate surface area is 229 Å². The van der Waals surface area contributed by atoms with Crippen LogP contribution in [0.5, 0.6) is 0 Å². The van der Waals surface area contributed by atoms with Crippen LogP contribution in [0.25, 0.3) is 0 Å². The maximum atomic E-state index is 12.1. The minimum Gasteiger partial charge on any atom is -0.460 e. The molecule has 0 saturated heterocycles. The highest BCUT2D eigenvalue weighted by molar-refractivity contribution is 5.69. The minimum atomic E-state index is -0.607.